The Bertz CT molecular complexity index is 1130. The molecule has 2 N–H and O–H groups in total. The number of rotatable bonds is 4. The Morgan fingerprint density at radius 2 is 1.83 bits per heavy atom. The summed E-state index contributed by atoms with van der Waals surface area (Å²) in [6, 6.07) is 15.1. The Balaban J connectivity index is 1.39. The maximum atomic E-state index is 12.9. The Morgan fingerprint density at radius 3 is 2.70 bits per heavy atom. The molecule has 0 saturated heterocycles. The minimum absolute atomic E-state index is 0.190. The van der Waals surface area contributed by atoms with Crippen molar-refractivity contribution in [2.45, 2.75) is 26.2 Å². The van der Waals surface area contributed by atoms with Crippen LogP contribution >= 0.6 is 0 Å². The highest BCUT2D eigenvalue weighted by Gasteiger charge is 2.28. The molecule has 1 amide bonds. The molecular weight excluding hydrogens is 382 g/mol. The molecule has 2 aromatic carbocycles. The molecule has 1 aliphatic carbocycles. The first-order valence-corrected chi connectivity index (χ1v) is 9.90. The van der Waals surface area contributed by atoms with Crippen molar-refractivity contribution in [3.05, 3.63) is 71.2 Å². The number of ether oxygens (including phenoxy) is 2. The molecule has 1 aromatic heterocycles. The van der Waals surface area contributed by atoms with Gasteiger partial charge < -0.3 is 19.2 Å². The van der Waals surface area contributed by atoms with Gasteiger partial charge in [0.25, 0.3) is 5.91 Å². The lowest BCUT2D eigenvalue weighted by Crippen LogP contribution is -2.14. The third-order valence-electron chi connectivity index (χ3n) is 5.26. The maximum absolute atomic E-state index is 12.9. The molecular formula is C23H21N3O4. The third-order valence-corrected chi connectivity index (χ3v) is 5.26. The molecule has 152 valence electrons. The van der Waals surface area contributed by atoms with Crippen LogP contribution < -0.4 is 20.2 Å². The van der Waals surface area contributed by atoms with Crippen LogP contribution in [0.5, 0.6) is 11.5 Å². The SMILES string of the molecule is Cc1c(C(=O)Nc2ccc3c(c2)OCO3)oc2c1/C(=N/Nc1ccccc1)CCC2. The number of hydrogen-bond acceptors (Lipinski definition) is 6. The molecule has 7 heteroatoms. The van der Waals surface area contributed by atoms with Gasteiger partial charge in [-0.2, -0.15) is 5.10 Å². The quantitative estimate of drug-likeness (QED) is 0.616. The molecule has 5 rings (SSSR count). The highest BCUT2D eigenvalue weighted by Crippen LogP contribution is 2.35. The number of carbonyl (C=O) groups is 1. The first-order valence-electron chi connectivity index (χ1n) is 9.90. The second kappa shape index (κ2) is 7.59. The van der Waals surface area contributed by atoms with Crippen LogP contribution in [0, 0.1) is 6.92 Å². The number of carbonyl (C=O) groups excluding carboxylic acids is 1. The number of furan rings is 1. The van der Waals surface area contributed by atoms with Gasteiger partial charge in [-0.1, -0.05) is 18.2 Å². The lowest BCUT2D eigenvalue weighted by Gasteiger charge is -2.13. The largest absolute Gasteiger partial charge is 0.455 e. The summed E-state index contributed by atoms with van der Waals surface area (Å²) >= 11 is 0. The normalized spacial score (nSPS) is 15.7. The molecule has 0 saturated carbocycles. The van der Waals surface area contributed by atoms with Gasteiger partial charge in [-0.25, -0.2) is 0 Å². The van der Waals surface area contributed by atoms with E-state index in [1.54, 1.807) is 18.2 Å². The lowest BCUT2D eigenvalue weighted by atomic mass is 9.93. The van der Waals surface area contributed by atoms with E-state index in [0.29, 0.717) is 22.9 Å². The van der Waals surface area contributed by atoms with Crippen molar-refractivity contribution < 1.29 is 18.7 Å². The van der Waals surface area contributed by atoms with E-state index in [4.69, 9.17) is 13.9 Å². The Kier molecular flexibility index (Phi) is 4.63. The van der Waals surface area contributed by atoms with Crippen LogP contribution in [-0.4, -0.2) is 18.4 Å². The van der Waals surface area contributed by atoms with E-state index in [0.717, 1.165) is 47.5 Å². The Hall–Kier alpha value is -3.74. The number of amides is 1. The van der Waals surface area contributed by atoms with E-state index in [1.807, 2.05) is 37.3 Å². The van der Waals surface area contributed by atoms with E-state index < -0.39 is 0 Å². The summed E-state index contributed by atoms with van der Waals surface area (Å²) in [7, 11) is 0. The molecule has 0 fully saturated rings. The Labute approximate surface area is 173 Å². The highest BCUT2D eigenvalue weighted by molar-refractivity contribution is 6.09. The summed E-state index contributed by atoms with van der Waals surface area (Å²) < 4.78 is 16.7. The molecule has 0 unspecified atom stereocenters. The second-order valence-corrected chi connectivity index (χ2v) is 7.27. The molecule has 0 bridgehead atoms. The third kappa shape index (κ3) is 3.39. The average Bonchev–Trinajstić information content (AvgIpc) is 3.37. The number of hydrogen-bond donors (Lipinski definition) is 2. The fourth-order valence-corrected chi connectivity index (χ4v) is 3.80. The van der Waals surface area contributed by atoms with E-state index in [2.05, 4.69) is 15.8 Å². The topological polar surface area (TPSA) is 85.1 Å². The van der Waals surface area contributed by atoms with Gasteiger partial charge in [0, 0.05) is 29.3 Å². The molecule has 0 atom stereocenters. The number of hydrazone groups is 1. The minimum Gasteiger partial charge on any atom is -0.455 e. The number of nitrogens with one attached hydrogen (secondary N) is 2. The fraction of sp³-hybridized carbons (Fsp3) is 0.217. The first-order chi connectivity index (χ1) is 14.7. The predicted molar refractivity (Wildman–Crippen MR) is 114 cm³/mol. The monoisotopic (exact) mass is 403 g/mol. The van der Waals surface area contributed by atoms with Crippen LogP contribution in [0.15, 0.2) is 58.0 Å². The molecule has 7 nitrogen and oxygen atoms in total. The summed E-state index contributed by atoms with van der Waals surface area (Å²) in [5, 5.41) is 7.48. The second-order valence-electron chi connectivity index (χ2n) is 7.27. The highest BCUT2D eigenvalue weighted by atomic mass is 16.7. The van der Waals surface area contributed by atoms with Crippen molar-refractivity contribution in [2.75, 3.05) is 17.5 Å². The van der Waals surface area contributed by atoms with Crippen LogP contribution in [0.1, 0.15) is 40.3 Å². The van der Waals surface area contributed by atoms with Gasteiger partial charge in [0.1, 0.15) is 5.76 Å². The van der Waals surface area contributed by atoms with Gasteiger partial charge in [-0.15, -0.1) is 0 Å². The van der Waals surface area contributed by atoms with Crippen molar-refractivity contribution in [1.29, 1.82) is 0 Å². The first kappa shape index (κ1) is 18.3. The summed E-state index contributed by atoms with van der Waals surface area (Å²) in [4.78, 5) is 12.9. The van der Waals surface area contributed by atoms with Gasteiger partial charge in [0.2, 0.25) is 6.79 Å². The predicted octanol–water partition coefficient (Wildman–Crippen LogP) is 4.72. The Morgan fingerprint density at radius 1 is 1.00 bits per heavy atom. The van der Waals surface area contributed by atoms with Gasteiger partial charge in [0.05, 0.1) is 11.4 Å². The number of nitrogens with zero attached hydrogens (tertiary/aromatic N) is 1. The van der Waals surface area contributed by atoms with Crippen molar-refractivity contribution in [2.24, 2.45) is 5.10 Å². The van der Waals surface area contributed by atoms with E-state index in [1.165, 1.54) is 0 Å². The van der Waals surface area contributed by atoms with Crippen LogP contribution in [0.2, 0.25) is 0 Å². The molecule has 3 aromatic rings. The van der Waals surface area contributed by atoms with Gasteiger partial charge in [-0.05, 0) is 44.0 Å². The summed E-state index contributed by atoms with van der Waals surface area (Å²) in [5.41, 5.74) is 7.28. The average molecular weight is 403 g/mol. The van der Waals surface area contributed by atoms with Crippen molar-refractivity contribution in [3.8, 4) is 11.5 Å². The van der Waals surface area contributed by atoms with E-state index >= 15 is 0 Å². The molecule has 30 heavy (non-hydrogen) atoms. The van der Waals surface area contributed by atoms with Gasteiger partial charge >= 0.3 is 0 Å². The zero-order chi connectivity index (χ0) is 20.5. The molecule has 1 aliphatic heterocycles. The van der Waals surface area contributed by atoms with E-state index in [9.17, 15) is 4.79 Å². The molecule has 2 heterocycles. The number of anilines is 2. The summed E-state index contributed by atoms with van der Waals surface area (Å²) in [6.07, 6.45) is 2.55. The fourth-order valence-electron chi connectivity index (χ4n) is 3.80. The maximum Gasteiger partial charge on any atom is 0.291 e. The summed E-state index contributed by atoms with van der Waals surface area (Å²) in [6.45, 7) is 2.09. The molecule has 2 aliphatic rings. The van der Waals surface area contributed by atoms with Gasteiger partial charge in [0.15, 0.2) is 17.3 Å². The van der Waals surface area contributed by atoms with Crippen LogP contribution in [0.4, 0.5) is 11.4 Å². The van der Waals surface area contributed by atoms with E-state index in [-0.39, 0.29) is 12.7 Å². The zero-order valence-corrected chi connectivity index (χ0v) is 16.5. The van der Waals surface area contributed by atoms with Crippen LogP contribution in [0.25, 0.3) is 0 Å². The smallest absolute Gasteiger partial charge is 0.291 e. The molecule has 0 spiro atoms. The number of fused-ring (bicyclic) bond motifs is 2. The van der Waals surface area contributed by atoms with Crippen molar-refractivity contribution in [3.63, 3.8) is 0 Å². The standard InChI is InChI=1S/C23H21N3O4/c1-14-21-17(26-25-15-6-3-2-4-7-15)8-5-9-19(21)30-22(14)23(27)24-16-10-11-18-20(12-16)29-13-28-18/h2-4,6-7,10-12,25H,5,8-9,13H2,1H3,(H,24,27)/b26-17+. The minimum atomic E-state index is -0.295. The lowest BCUT2D eigenvalue weighted by molar-refractivity contribution is 0.0994. The van der Waals surface area contributed by atoms with Crippen LogP contribution in [-0.2, 0) is 6.42 Å². The van der Waals surface area contributed by atoms with Gasteiger partial charge in [-0.3, -0.25) is 10.2 Å². The summed E-state index contributed by atoms with van der Waals surface area (Å²) in [5.74, 6) is 2.11. The number of aryl methyl sites for hydroxylation is 1. The number of para-hydroxylation sites is 1. The van der Waals surface area contributed by atoms with Crippen molar-refractivity contribution in [1.82, 2.24) is 0 Å². The zero-order valence-electron chi connectivity index (χ0n) is 16.5. The van der Waals surface area contributed by atoms with Crippen LogP contribution in [0.3, 0.4) is 0 Å². The number of benzene rings is 2. The molecule has 0 radical (unpaired) electrons. The van der Waals surface area contributed by atoms with Crippen molar-refractivity contribution >= 4 is 23.0 Å².